The highest BCUT2D eigenvalue weighted by Gasteiger charge is 2.11. The van der Waals surface area contributed by atoms with Crippen molar-refractivity contribution in [2.45, 2.75) is 11.8 Å². The normalized spacial score (nSPS) is 12.4. The standard InChI is InChI=1S/C14H11Cl2I/c15-11-7-5-10(6-8-11)9-13(16)12-3-1-2-4-14(12)17/h1-8,13H,9H2. The van der Waals surface area contributed by atoms with Crippen LogP contribution in [0.1, 0.15) is 16.5 Å². The second kappa shape index (κ2) is 6.07. The van der Waals surface area contributed by atoms with Crippen LogP contribution in [0.3, 0.4) is 0 Å². The monoisotopic (exact) mass is 376 g/mol. The molecule has 0 fully saturated rings. The van der Waals surface area contributed by atoms with E-state index in [-0.39, 0.29) is 5.38 Å². The van der Waals surface area contributed by atoms with Crippen LogP contribution in [0.15, 0.2) is 48.5 Å². The van der Waals surface area contributed by atoms with Crippen LogP contribution in [0, 0.1) is 3.57 Å². The van der Waals surface area contributed by atoms with Crippen molar-refractivity contribution in [2.24, 2.45) is 0 Å². The molecule has 0 aliphatic heterocycles. The van der Waals surface area contributed by atoms with Gasteiger partial charge in [0.15, 0.2) is 0 Å². The minimum Gasteiger partial charge on any atom is -0.117 e. The van der Waals surface area contributed by atoms with E-state index in [9.17, 15) is 0 Å². The molecule has 1 atom stereocenters. The first-order valence-corrected chi connectivity index (χ1v) is 7.19. The Labute approximate surface area is 125 Å². The maximum absolute atomic E-state index is 6.45. The van der Waals surface area contributed by atoms with E-state index in [2.05, 4.69) is 34.7 Å². The molecule has 0 radical (unpaired) electrons. The fourth-order valence-electron chi connectivity index (χ4n) is 1.67. The Morgan fingerprint density at radius 3 is 2.29 bits per heavy atom. The molecule has 2 aromatic carbocycles. The van der Waals surface area contributed by atoms with Crippen molar-refractivity contribution in [3.05, 3.63) is 68.3 Å². The molecule has 0 heterocycles. The largest absolute Gasteiger partial charge is 0.117 e. The van der Waals surface area contributed by atoms with Gasteiger partial charge in [0, 0.05) is 8.59 Å². The molecular formula is C14H11Cl2I. The summed E-state index contributed by atoms with van der Waals surface area (Å²) in [5.41, 5.74) is 2.39. The summed E-state index contributed by atoms with van der Waals surface area (Å²) < 4.78 is 1.21. The van der Waals surface area contributed by atoms with E-state index in [1.807, 2.05) is 36.4 Å². The molecule has 1 unspecified atom stereocenters. The fourth-order valence-corrected chi connectivity index (χ4v) is 3.11. The first-order valence-electron chi connectivity index (χ1n) is 5.30. The third-order valence-electron chi connectivity index (χ3n) is 2.57. The van der Waals surface area contributed by atoms with Crippen molar-refractivity contribution >= 4 is 45.8 Å². The SMILES string of the molecule is Clc1ccc(CC(Cl)c2ccccc2I)cc1. The van der Waals surface area contributed by atoms with Gasteiger partial charge in [0.2, 0.25) is 0 Å². The van der Waals surface area contributed by atoms with Crippen molar-refractivity contribution in [3.63, 3.8) is 0 Å². The maximum atomic E-state index is 6.45. The quantitative estimate of drug-likeness (QED) is 0.492. The third kappa shape index (κ3) is 3.60. The summed E-state index contributed by atoms with van der Waals surface area (Å²) in [5, 5.41) is 0.762. The molecule has 88 valence electrons. The average molecular weight is 377 g/mol. The molecule has 0 spiro atoms. The summed E-state index contributed by atoms with van der Waals surface area (Å²) in [6.45, 7) is 0. The molecule has 0 bridgehead atoms. The Kier molecular flexibility index (Phi) is 4.71. The van der Waals surface area contributed by atoms with Gasteiger partial charge < -0.3 is 0 Å². The van der Waals surface area contributed by atoms with Crippen LogP contribution in [-0.2, 0) is 6.42 Å². The Balaban J connectivity index is 2.14. The lowest BCUT2D eigenvalue weighted by molar-refractivity contribution is 0.914. The Hall–Kier alpha value is -0.250. The highest BCUT2D eigenvalue weighted by atomic mass is 127. The van der Waals surface area contributed by atoms with Gasteiger partial charge in [-0.2, -0.15) is 0 Å². The van der Waals surface area contributed by atoms with E-state index in [4.69, 9.17) is 23.2 Å². The summed E-state index contributed by atoms with van der Waals surface area (Å²) in [6, 6.07) is 16.0. The van der Waals surface area contributed by atoms with Crippen molar-refractivity contribution in [1.82, 2.24) is 0 Å². The van der Waals surface area contributed by atoms with Gasteiger partial charge in [-0.25, -0.2) is 0 Å². The molecular weight excluding hydrogens is 366 g/mol. The average Bonchev–Trinajstić information content (AvgIpc) is 2.32. The molecule has 0 nitrogen and oxygen atoms in total. The van der Waals surface area contributed by atoms with Crippen molar-refractivity contribution < 1.29 is 0 Å². The summed E-state index contributed by atoms with van der Waals surface area (Å²) in [7, 11) is 0. The summed E-state index contributed by atoms with van der Waals surface area (Å²) in [4.78, 5) is 0. The van der Waals surface area contributed by atoms with Gasteiger partial charge >= 0.3 is 0 Å². The lowest BCUT2D eigenvalue weighted by Crippen LogP contribution is -1.98. The molecule has 3 heteroatoms. The highest BCUT2D eigenvalue weighted by molar-refractivity contribution is 14.1. The van der Waals surface area contributed by atoms with Gasteiger partial charge in [-0.05, 0) is 58.3 Å². The molecule has 2 aromatic rings. The lowest BCUT2D eigenvalue weighted by atomic mass is 10.0. The molecule has 0 aromatic heterocycles. The number of rotatable bonds is 3. The van der Waals surface area contributed by atoms with Crippen LogP contribution in [0.2, 0.25) is 5.02 Å². The lowest BCUT2D eigenvalue weighted by Gasteiger charge is -2.11. The van der Waals surface area contributed by atoms with Gasteiger partial charge in [-0.3, -0.25) is 0 Å². The third-order valence-corrected chi connectivity index (χ3v) is 4.19. The number of benzene rings is 2. The predicted molar refractivity (Wildman–Crippen MR) is 82.9 cm³/mol. The van der Waals surface area contributed by atoms with E-state index in [1.165, 1.54) is 14.7 Å². The van der Waals surface area contributed by atoms with Crippen LogP contribution in [-0.4, -0.2) is 0 Å². The van der Waals surface area contributed by atoms with E-state index in [1.54, 1.807) is 0 Å². The molecule has 0 N–H and O–H groups in total. The number of halogens is 3. The molecule has 0 saturated heterocycles. The smallest absolute Gasteiger partial charge is 0.0635 e. The van der Waals surface area contributed by atoms with Gasteiger partial charge in [0.05, 0.1) is 5.38 Å². The zero-order chi connectivity index (χ0) is 12.3. The van der Waals surface area contributed by atoms with Crippen molar-refractivity contribution in [2.75, 3.05) is 0 Å². The fraction of sp³-hybridized carbons (Fsp3) is 0.143. The van der Waals surface area contributed by atoms with Crippen LogP contribution >= 0.6 is 45.8 Å². The molecule has 0 aliphatic carbocycles. The first kappa shape index (κ1) is 13.2. The molecule has 0 saturated carbocycles. The van der Waals surface area contributed by atoms with E-state index >= 15 is 0 Å². The Bertz CT molecular complexity index is 494. The summed E-state index contributed by atoms with van der Waals surface area (Å²) in [6.07, 6.45) is 0.818. The number of alkyl halides is 1. The Morgan fingerprint density at radius 1 is 1.00 bits per heavy atom. The van der Waals surface area contributed by atoms with E-state index in [0.29, 0.717) is 0 Å². The minimum atomic E-state index is 0.00396. The predicted octanol–water partition coefficient (Wildman–Crippen LogP) is 5.47. The van der Waals surface area contributed by atoms with Gasteiger partial charge in [-0.15, -0.1) is 11.6 Å². The second-order valence-corrected chi connectivity index (χ2v) is 5.95. The summed E-state index contributed by atoms with van der Waals surface area (Å²) >= 11 is 14.6. The van der Waals surface area contributed by atoms with Gasteiger partial charge in [0.25, 0.3) is 0 Å². The topological polar surface area (TPSA) is 0 Å². The molecule has 17 heavy (non-hydrogen) atoms. The molecule has 0 amide bonds. The number of hydrogen-bond acceptors (Lipinski definition) is 0. The van der Waals surface area contributed by atoms with Crippen LogP contribution in [0.25, 0.3) is 0 Å². The minimum absolute atomic E-state index is 0.00396. The van der Waals surface area contributed by atoms with Crippen LogP contribution in [0.4, 0.5) is 0 Å². The van der Waals surface area contributed by atoms with Gasteiger partial charge in [-0.1, -0.05) is 41.9 Å². The molecule has 0 aliphatic rings. The second-order valence-electron chi connectivity index (χ2n) is 3.82. The van der Waals surface area contributed by atoms with Crippen LogP contribution < -0.4 is 0 Å². The maximum Gasteiger partial charge on any atom is 0.0635 e. The zero-order valence-electron chi connectivity index (χ0n) is 9.04. The highest BCUT2D eigenvalue weighted by Crippen LogP contribution is 2.28. The Morgan fingerprint density at radius 2 is 1.65 bits per heavy atom. The first-order chi connectivity index (χ1) is 8.16. The van der Waals surface area contributed by atoms with E-state index < -0.39 is 0 Å². The van der Waals surface area contributed by atoms with E-state index in [0.717, 1.165) is 11.4 Å². The van der Waals surface area contributed by atoms with Gasteiger partial charge in [0.1, 0.15) is 0 Å². The number of hydrogen-bond donors (Lipinski definition) is 0. The van der Waals surface area contributed by atoms with Crippen molar-refractivity contribution in [3.8, 4) is 0 Å². The summed E-state index contributed by atoms with van der Waals surface area (Å²) in [5.74, 6) is 0. The molecule has 2 rings (SSSR count). The van der Waals surface area contributed by atoms with Crippen LogP contribution in [0.5, 0.6) is 0 Å². The zero-order valence-corrected chi connectivity index (χ0v) is 12.7. The van der Waals surface area contributed by atoms with Crippen molar-refractivity contribution in [1.29, 1.82) is 0 Å².